The Morgan fingerprint density at radius 2 is 2.33 bits per heavy atom. The molecule has 4 heteroatoms. The molecule has 1 rings (SSSR count). The molecule has 1 unspecified atom stereocenters. The number of ether oxygens (including phenoxy) is 1. The quantitative estimate of drug-likeness (QED) is 0.743. The van der Waals surface area contributed by atoms with Crippen molar-refractivity contribution >= 4 is 12.0 Å². The number of amides is 1. The van der Waals surface area contributed by atoms with E-state index in [0.29, 0.717) is 0 Å². The van der Waals surface area contributed by atoms with Gasteiger partial charge in [0.2, 0.25) is 5.91 Å². The van der Waals surface area contributed by atoms with Crippen molar-refractivity contribution in [2.45, 2.75) is 13.0 Å². The maximum Gasteiger partial charge on any atom is 0.244 e. The molecule has 0 aliphatic carbocycles. The molecule has 1 atom stereocenters. The summed E-state index contributed by atoms with van der Waals surface area (Å²) in [6.07, 6.45) is 2.52. The number of carbonyl (C=O) groups excluding carboxylic acids is 1. The second-order valence-corrected chi connectivity index (χ2v) is 4.10. The third kappa shape index (κ3) is 5.61. The molecule has 98 valence electrons. The molecule has 4 nitrogen and oxygen atoms in total. The van der Waals surface area contributed by atoms with Crippen molar-refractivity contribution < 1.29 is 14.6 Å². The van der Waals surface area contributed by atoms with Crippen LogP contribution in [0.3, 0.4) is 0 Å². The zero-order valence-corrected chi connectivity index (χ0v) is 10.7. The molecule has 2 N–H and O–H groups in total. The summed E-state index contributed by atoms with van der Waals surface area (Å²) in [6.45, 7) is 2.39. The molecule has 0 aliphatic heterocycles. The van der Waals surface area contributed by atoms with Crippen molar-refractivity contribution in [1.29, 1.82) is 0 Å². The Kier molecular flexibility index (Phi) is 6.11. The van der Waals surface area contributed by atoms with Gasteiger partial charge in [-0.25, -0.2) is 0 Å². The fourth-order valence-electron chi connectivity index (χ4n) is 1.47. The van der Waals surface area contributed by atoms with Crippen molar-refractivity contribution in [3.63, 3.8) is 0 Å². The molecule has 0 spiro atoms. The third-order valence-corrected chi connectivity index (χ3v) is 2.34. The van der Waals surface area contributed by atoms with E-state index in [1.54, 1.807) is 6.08 Å². The number of carbonyl (C=O) groups is 1. The smallest absolute Gasteiger partial charge is 0.244 e. The normalized spacial score (nSPS) is 12.6. The van der Waals surface area contributed by atoms with Crippen molar-refractivity contribution in [2.75, 3.05) is 20.3 Å². The molecule has 0 aromatic heterocycles. The van der Waals surface area contributed by atoms with Crippen LogP contribution in [0.4, 0.5) is 0 Å². The van der Waals surface area contributed by atoms with Crippen molar-refractivity contribution in [3.05, 3.63) is 41.5 Å². The Bertz CT molecular complexity index is 415. The highest BCUT2D eigenvalue weighted by Gasteiger charge is 2.03. The van der Waals surface area contributed by atoms with Gasteiger partial charge < -0.3 is 15.2 Å². The third-order valence-electron chi connectivity index (χ3n) is 2.34. The van der Waals surface area contributed by atoms with E-state index in [1.165, 1.54) is 13.2 Å². The summed E-state index contributed by atoms with van der Waals surface area (Å²) in [4.78, 5) is 11.5. The Morgan fingerprint density at radius 3 is 3.00 bits per heavy atom. The van der Waals surface area contributed by atoms with E-state index in [0.717, 1.165) is 11.1 Å². The number of hydrogen-bond donors (Lipinski definition) is 2. The summed E-state index contributed by atoms with van der Waals surface area (Å²) >= 11 is 0. The fourth-order valence-corrected chi connectivity index (χ4v) is 1.47. The van der Waals surface area contributed by atoms with Crippen LogP contribution in [-0.2, 0) is 9.53 Å². The van der Waals surface area contributed by atoms with Gasteiger partial charge in [-0.3, -0.25) is 4.79 Å². The van der Waals surface area contributed by atoms with E-state index < -0.39 is 6.10 Å². The first-order valence-electron chi connectivity index (χ1n) is 5.81. The predicted octanol–water partition coefficient (Wildman–Crippen LogP) is 1.13. The van der Waals surface area contributed by atoms with Gasteiger partial charge in [0.05, 0.1) is 12.7 Å². The lowest BCUT2D eigenvalue weighted by atomic mass is 10.1. The van der Waals surface area contributed by atoms with Gasteiger partial charge in [-0.2, -0.15) is 0 Å². The first-order valence-corrected chi connectivity index (χ1v) is 5.81. The van der Waals surface area contributed by atoms with E-state index in [-0.39, 0.29) is 19.1 Å². The van der Waals surface area contributed by atoms with Gasteiger partial charge in [0, 0.05) is 19.7 Å². The van der Waals surface area contributed by atoms with E-state index >= 15 is 0 Å². The van der Waals surface area contributed by atoms with E-state index in [2.05, 4.69) is 5.32 Å². The Labute approximate surface area is 107 Å². The van der Waals surface area contributed by atoms with Crippen LogP contribution in [0, 0.1) is 6.92 Å². The standard InChI is InChI=1S/C14H19NO3/c1-11-4-3-5-12(8-11)6-7-14(17)15-9-13(16)10-18-2/h3-8,13,16H,9-10H2,1-2H3,(H,15,17). The minimum atomic E-state index is -0.675. The molecule has 0 saturated heterocycles. The van der Waals surface area contributed by atoms with Crippen molar-refractivity contribution in [2.24, 2.45) is 0 Å². The summed E-state index contributed by atoms with van der Waals surface area (Å²) in [5.41, 5.74) is 2.12. The van der Waals surface area contributed by atoms with Gasteiger partial charge in [0.15, 0.2) is 0 Å². The number of methoxy groups -OCH3 is 1. The number of aliphatic hydroxyl groups is 1. The minimum absolute atomic E-state index is 0.185. The summed E-state index contributed by atoms with van der Waals surface area (Å²) in [6, 6.07) is 7.86. The lowest BCUT2D eigenvalue weighted by molar-refractivity contribution is -0.117. The Morgan fingerprint density at radius 1 is 1.56 bits per heavy atom. The number of hydrogen-bond acceptors (Lipinski definition) is 3. The van der Waals surface area contributed by atoms with Gasteiger partial charge in [-0.1, -0.05) is 29.8 Å². The van der Waals surface area contributed by atoms with E-state index in [1.807, 2.05) is 31.2 Å². The zero-order chi connectivity index (χ0) is 13.4. The molecule has 0 heterocycles. The number of rotatable bonds is 6. The summed E-state index contributed by atoms with van der Waals surface area (Å²) < 4.78 is 4.76. The van der Waals surface area contributed by atoms with Gasteiger partial charge >= 0.3 is 0 Å². The van der Waals surface area contributed by atoms with Crippen LogP contribution in [0.2, 0.25) is 0 Å². The van der Waals surface area contributed by atoms with Crippen LogP contribution in [-0.4, -0.2) is 37.4 Å². The Hall–Kier alpha value is -1.65. The maximum atomic E-state index is 11.5. The van der Waals surface area contributed by atoms with Gasteiger partial charge in [-0.15, -0.1) is 0 Å². The molecule has 1 aromatic rings. The second-order valence-electron chi connectivity index (χ2n) is 4.10. The summed E-state index contributed by atoms with van der Waals surface area (Å²) in [7, 11) is 1.50. The van der Waals surface area contributed by atoms with E-state index in [9.17, 15) is 9.90 Å². The SMILES string of the molecule is COCC(O)CNC(=O)C=Cc1cccc(C)c1. The number of nitrogens with one attached hydrogen (secondary N) is 1. The van der Waals surface area contributed by atoms with Crippen molar-refractivity contribution in [3.8, 4) is 0 Å². The largest absolute Gasteiger partial charge is 0.389 e. The van der Waals surface area contributed by atoms with Crippen LogP contribution in [0.25, 0.3) is 6.08 Å². The highest BCUT2D eigenvalue weighted by molar-refractivity contribution is 5.91. The summed E-state index contributed by atoms with van der Waals surface area (Å²) in [5, 5.41) is 12.0. The molecule has 0 fully saturated rings. The lowest BCUT2D eigenvalue weighted by Crippen LogP contribution is -2.33. The number of benzene rings is 1. The zero-order valence-electron chi connectivity index (χ0n) is 10.7. The average Bonchev–Trinajstić information content (AvgIpc) is 2.34. The monoisotopic (exact) mass is 249 g/mol. The van der Waals surface area contributed by atoms with Crippen LogP contribution in [0.1, 0.15) is 11.1 Å². The molecule has 1 aromatic carbocycles. The predicted molar refractivity (Wildman–Crippen MR) is 71.1 cm³/mol. The first kappa shape index (κ1) is 14.4. The minimum Gasteiger partial charge on any atom is -0.389 e. The van der Waals surface area contributed by atoms with Crippen LogP contribution in [0.15, 0.2) is 30.3 Å². The molecular formula is C14H19NO3. The maximum absolute atomic E-state index is 11.5. The second kappa shape index (κ2) is 7.63. The van der Waals surface area contributed by atoms with Gasteiger partial charge in [-0.05, 0) is 18.6 Å². The molecule has 0 saturated carbocycles. The van der Waals surface area contributed by atoms with Crippen LogP contribution in [0.5, 0.6) is 0 Å². The molecule has 0 bridgehead atoms. The number of aryl methyl sites for hydroxylation is 1. The van der Waals surface area contributed by atoms with E-state index in [4.69, 9.17) is 4.74 Å². The lowest BCUT2D eigenvalue weighted by Gasteiger charge is -2.09. The average molecular weight is 249 g/mol. The van der Waals surface area contributed by atoms with Gasteiger partial charge in [0.1, 0.15) is 0 Å². The summed E-state index contributed by atoms with van der Waals surface area (Å²) in [5.74, 6) is -0.230. The fraction of sp³-hybridized carbons (Fsp3) is 0.357. The molecule has 18 heavy (non-hydrogen) atoms. The van der Waals surface area contributed by atoms with Crippen LogP contribution < -0.4 is 5.32 Å². The topological polar surface area (TPSA) is 58.6 Å². The number of aliphatic hydroxyl groups excluding tert-OH is 1. The first-order chi connectivity index (χ1) is 8.61. The molecule has 0 radical (unpaired) electrons. The van der Waals surface area contributed by atoms with Gasteiger partial charge in [0.25, 0.3) is 0 Å². The highest BCUT2D eigenvalue weighted by atomic mass is 16.5. The van der Waals surface area contributed by atoms with Crippen LogP contribution >= 0.6 is 0 Å². The highest BCUT2D eigenvalue weighted by Crippen LogP contribution is 2.05. The Balaban J connectivity index is 2.40. The molecular weight excluding hydrogens is 230 g/mol. The van der Waals surface area contributed by atoms with Crippen molar-refractivity contribution in [1.82, 2.24) is 5.32 Å². The molecule has 0 aliphatic rings. The molecule has 1 amide bonds.